The molecule has 0 saturated carbocycles. The van der Waals surface area contributed by atoms with E-state index < -0.39 is 0 Å². The SMILES string of the molecule is N#Cc1cc(Oc2cncc(Cl)c2)nc2ccccc12. The highest BCUT2D eigenvalue weighted by atomic mass is 35.5. The fourth-order valence-corrected chi connectivity index (χ4v) is 2.03. The summed E-state index contributed by atoms with van der Waals surface area (Å²) >= 11 is 5.85. The molecule has 1 aromatic carbocycles. The van der Waals surface area contributed by atoms with Crippen LogP contribution in [0, 0.1) is 11.3 Å². The van der Waals surface area contributed by atoms with Crippen LogP contribution in [0.4, 0.5) is 0 Å². The van der Waals surface area contributed by atoms with Gasteiger partial charge in [0.1, 0.15) is 11.8 Å². The summed E-state index contributed by atoms with van der Waals surface area (Å²) in [4.78, 5) is 8.30. The van der Waals surface area contributed by atoms with Gasteiger partial charge in [0.25, 0.3) is 0 Å². The van der Waals surface area contributed by atoms with Crippen LogP contribution in [0.3, 0.4) is 0 Å². The van der Waals surface area contributed by atoms with Gasteiger partial charge in [-0.2, -0.15) is 5.26 Å². The zero-order chi connectivity index (χ0) is 13.9. The molecule has 3 aromatic rings. The molecule has 0 bridgehead atoms. The molecule has 0 aliphatic carbocycles. The molecule has 4 nitrogen and oxygen atoms in total. The van der Waals surface area contributed by atoms with Crippen LogP contribution < -0.4 is 4.74 Å². The van der Waals surface area contributed by atoms with E-state index in [1.807, 2.05) is 24.3 Å². The number of halogens is 1. The molecule has 96 valence electrons. The predicted molar refractivity (Wildman–Crippen MR) is 75.8 cm³/mol. The van der Waals surface area contributed by atoms with Crippen molar-refractivity contribution in [3.05, 3.63) is 59.4 Å². The van der Waals surface area contributed by atoms with E-state index in [4.69, 9.17) is 16.3 Å². The van der Waals surface area contributed by atoms with Gasteiger partial charge in [0.2, 0.25) is 5.88 Å². The first-order valence-electron chi connectivity index (χ1n) is 5.84. The van der Waals surface area contributed by atoms with E-state index in [2.05, 4.69) is 16.0 Å². The molecule has 0 aliphatic rings. The van der Waals surface area contributed by atoms with E-state index in [0.29, 0.717) is 27.7 Å². The van der Waals surface area contributed by atoms with Gasteiger partial charge in [-0.25, -0.2) is 4.98 Å². The average Bonchev–Trinajstić information content (AvgIpc) is 2.46. The lowest BCUT2D eigenvalue weighted by atomic mass is 10.1. The van der Waals surface area contributed by atoms with E-state index in [-0.39, 0.29) is 0 Å². The number of hydrogen-bond acceptors (Lipinski definition) is 4. The molecule has 0 radical (unpaired) electrons. The van der Waals surface area contributed by atoms with Gasteiger partial charge in [0.15, 0.2) is 0 Å². The number of nitrogens with zero attached hydrogens (tertiary/aromatic N) is 3. The molecular weight excluding hydrogens is 274 g/mol. The number of nitriles is 1. The van der Waals surface area contributed by atoms with Crippen LogP contribution in [0.2, 0.25) is 5.02 Å². The largest absolute Gasteiger partial charge is 0.437 e. The Morgan fingerprint density at radius 3 is 2.80 bits per heavy atom. The number of para-hydroxylation sites is 1. The van der Waals surface area contributed by atoms with Crippen molar-refractivity contribution in [2.24, 2.45) is 0 Å². The van der Waals surface area contributed by atoms with Gasteiger partial charge >= 0.3 is 0 Å². The maximum atomic E-state index is 9.20. The Balaban J connectivity index is 2.06. The minimum absolute atomic E-state index is 0.337. The second kappa shape index (κ2) is 5.16. The Labute approximate surface area is 120 Å². The average molecular weight is 282 g/mol. The predicted octanol–water partition coefficient (Wildman–Crippen LogP) is 3.95. The molecule has 0 unspecified atom stereocenters. The summed E-state index contributed by atoms with van der Waals surface area (Å²) in [5, 5.41) is 10.5. The number of benzene rings is 1. The quantitative estimate of drug-likeness (QED) is 0.714. The first-order valence-corrected chi connectivity index (χ1v) is 6.22. The summed E-state index contributed by atoms with van der Waals surface area (Å²) in [5.41, 5.74) is 1.22. The van der Waals surface area contributed by atoms with Gasteiger partial charge < -0.3 is 4.74 Å². The van der Waals surface area contributed by atoms with Crippen molar-refractivity contribution in [1.29, 1.82) is 5.26 Å². The summed E-state index contributed by atoms with van der Waals surface area (Å²) in [6, 6.07) is 12.8. The Kier molecular flexibility index (Phi) is 3.20. The molecule has 2 aromatic heterocycles. The fraction of sp³-hybridized carbons (Fsp3) is 0. The van der Waals surface area contributed by atoms with Crippen molar-refractivity contribution < 1.29 is 4.74 Å². The van der Waals surface area contributed by atoms with Crippen LogP contribution in [0.25, 0.3) is 10.9 Å². The Morgan fingerprint density at radius 2 is 2.00 bits per heavy atom. The lowest BCUT2D eigenvalue weighted by Crippen LogP contribution is -1.92. The molecule has 20 heavy (non-hydrogen) atoms. The van der Waals surface area contributed by atoms with Crippen molar-refractivity contribution in [3.63, 3.8) is 0 Å². The molecule has 5 heteroatoms. The maximum Gasteiger partial charge on any atom is 0.221 e. The van der Waals surface area contributed by atoms with Gasteiger partial charge in [-0.15, -0.1) is 0 Å². The van der Waals surface area contributed by atoms with Crippen molar-refractivity contribution >= 4 is 22.5 Å². The number of rotatable bonds is 2. The molecule has 2 heterocycles. The van der Waals surface area contributed by atoms with Crippen molar-refractivity contribution in [1.82, 2.24) is 9.97 Å². The molecule has 0 aliphatic heterocycles. The number of aromatic nitrogens is 2. The van der Waals surface area contributed by atoms with Crippen LogP contribution in [-0.2, 0) is 0 Å². The molecule has 3 rings (SSSR count). The Hall–Kier alpha value is -2.64. The molecule has 0 spiro atoms. The second-order valence-electron chi connectivity index (χ2n) is 4.08. The highest BCUT2D eigenvalue weighted by Crippen LogP contribution is 2.26. The summed E-state index contributed by atoms with van der Waals surface area (Å²) in [5.74, 6) is 0.813. The van der Waals surface area contributed by atoms with Crippen LogP contribution >= 0.6 is 11.6 Å². The highest BCUT2D eigenvalue weighted by Gasteiger charge is 2.07. The van der Waals surface area contributed by atoms with Gasteiger partial charge in [-0.3, -0.25) is 4.98 Å². The first-order chi connectivity index (χ1) is 9.76. The third kappa shape index (κ3) is 2.40. The van der Waals surface area contributed by atoms with Crippen LogP contribution in [-0.4, -0.2) is 9.97 Å². The molecule has 0 atom stereocenters. The molecular formula is C15H8ClN3O. The van der Waals surface area contributed by atoms with Crippen molar-refractivity contribution in [2.75, 3.05) is 0 Å². The minimum Gasteiger partial charge on any atom is -0.437 e. The second-order valence-corrected chi connectivity index (χ2v) is 4.51. The molecule has 0 fully saturated rings. The molecule has 0 saturated heterocycles. The zero-order valence-electron chi connectivity index (χ0n) is 10.2. The topological polar surface area (TPSA) is 58.8 Å². The van der Waals surface area contributed by atoms with Gasteiger partial charge in [0.05, 0.1) is 22.3 Å². The Morgan fingerprint density at radius 1 is 1.15 bits per heavy atom. The standard InChI is InChI=1S/C15H8ClN3O/c16-11-6-12(9-18-8-11)20-15-5-10(7-17)13-3-1-2-4-14(13)19-15/h1-6,8-9H. The number of ether oxygens (including phenoxy) is 1. The van der Waals surface area contributed by atoms with E-state index >= 15 is 0 Å². The summed E-state index contributed by atoms with van der Waals surface area (Å²) in [7, 11) is 0. The van der Waals surface area contributed by atoms with Crippen molar-refractivity contribution in [2.45, 2.75) is 0 Å². The lowest BCUT2D eigenvalue weighted by molar-refractivity contribution is 0.463. The third-order valence-corrected chi connectivity index (χ3v) is 2.92. The van der Waals surface area contributed by atoms with E-state index in [0.717, 1.165) is 5.39 Å². The van der Waals surface area contributed by atoms with Crippen molar-refractivity contribution in [3.8, 4) is 17.7 Å². The summed E-state index contributed by atoms with van der Waals surface area (Å²) < 4.78 is 5.60. The van der Waals surface area contributed by atoms with Gasteiger partial charge in [0, 0.05) is 23.7 Å². The third-order valence-electron chi connectivity index (χ3n) is 2.72. The number of hydrogen-bond donors (Lipinski definition) is 0. The van der Waals surface area contributed by atoms with E-state index in [1.165, 1.54) is 12.4 Å². The first kappa shape index (κ1) is 12.4. The normalized spacial score (nSPS) is 10.2. The number of pyridine rings is 2. The zero-order valence-corrected chi connectivity index (χ0v) is 11.0. The van der Waals surface area contributed by atoms with E-state index in [9.17, 15) is 5.26 Å². The van der Waals surface area contributed by atoms with Gasteiger partial charge in [-0.1, -0.05) is 29.8 Å². The van der Waals surface area contributed by atoms with Gasteiger partial charge in [-0.05, 0) is 6.07 Å². The van der Waals surface area contributed by atoms with Crippen LogP contribution in [0.5, 0.6) is 11.6 Å². The maximum absolute atomic E-state index is 9.20. The molecule has 0 N–H and O–H groups in total. The van der Waals surface area contributed by atoms with Crippen LogP contribution in [0.1, 0.15) is 5.56 Å². The fourth-order valence-electron chi connectivity index (χ4n) is 1.86. The highest BCUT2D eigenvalue weighted by molar-refractivity contribution is 6.30. The smallest absolute Gasteiger partial charge is 0.221 e. The van der Waals surface area contributed by atoms with Crippen LogP contribution in [0.15, 0.2) is 48.8 Å². The summed E-state index contributed by atoms with van der Waals surface area (Å²) in [6.07, 6.45) is 3.05. The molecule has 0 amide bonds. The summed E-state index contributed by atoms with van der Waals surface area (Å²) in [6.45, 7) is 0. The number of fused-ring (bicyclic) bond motifs is 1. The van der Waals surface area contributed by atoms with E-state index in [1.54, 1.807) is 12.1 Å². The Bertz CT molecular complexity index is 827. The lowest BCUT2D eigenvalue weighted by Gasteiger charge is -2.07. The monoisotopic (exact) mass is 281 g/mol. The minimum atomic E-state index is 0.337.